The van der Waals surface area contributed by atoms with Gasteiger partial charge >= 0.3 is 0 Å². The van der Waals surface area contributed by atoms with E-state index >= 15 is 0 Å². The fraction of sp³-hybridized carbons (Fsp3) is 0.263. The van der Waals surface area contributed by atoms with Crippen LogP contribution in [0.3, 0.4) is 0 Å². The van der Waals surface area contributed by atoms with Crippen LogP contribution in [0.15, 0.2) is 42.5 Å². The van der Waals surface area contributed by atoms with Gasteiger partial charge in [-0.2, -0.15) is 0 Å². The third kappa shape index (κ3) is 3.63. The first-order valence-electron chi connectivity index (χ1n) is 8.16. The monoisotopic (exact) mass is 341 g/mol. The second-order valence-corrected chi connectivity index (χ2v) is 6.20. The Hall–Kier alpha value is -2.89. The molecule has 5 nitrogen and oxygen atoms in total. The van der Waals surface area contributed by atoms with Gasteiger partial charge in [0.15, 0.2) is 0 Å². The highest BCUT2D eigenvalue weighted by Gasteiger charge is 2.29. The topological polar surface area (TPSA) is 61.4 Å². The van der Waals surface area contributed by atoms with E-state index in [4.69, 9.17) is 0 Å². The molecule has 0 spiro atoms. The van der Waals surface area contributed by atoms with Crippen LogP contribution in [-0.2, 0) is 9.59 Å². The molecule has 1 heterocycles. The molecule has 1 unspecified atom stereocenters. The molecule has 0 aromatic heterocycles. The molecule has 2 amide bonds. The van der Waals surface area contributed by atoms with E-state index in [2.05, 4.69) is 10.6 Å². The lowest BCUT2D eigenvalue weighted by molar-refractivity contribution is -0.118. The van der Waals surface area contributed by atoms with Gasteiger partial charge in [-0.3, -0.25) is 9.59 Å². The predicted octanol–water partition coefficient (Wildman–Crippen LogP) is 3.31. The number of anilines is 3. The zero-order valence-electron chi connectivity index (χ0n) is 14.2. The van der Waals surface area contributed by atoms with Crippen molar-refractivity contribution in [3.63, 3.8) is 0 Å². The van der Waals surface area contributed by atoms with Crippen LogP contribution in [0.4, 0.5) is 21.5 Å². The molecule has 0 saturated heterocycles. The molecule has 0 fully saturated rings. The van der Waals surface area contributed by atoms with E-state index in [1.54, 1.807) is 36.1 Å². The summed E-state index contributed by atoms with van der Waals surface area (Å²) in [4.78, 5) is 26.4. The number of aryl methyl sites for hydroxylation is 1. The van der Waals surface area contributed by atoms with Crippen LogP contribution in [0, 0.1) is 12.7 Å². The zero-order chi connectivity index (χ0) is 18.0. The lowest BCUT2D eigenvalue weighted by Gasteiger charge is -2.28. The molecular formula is C19H20FN3O2. The van der Waals surface area contributed by atoms with Crippen LogP contribution >= 0.6 is 0 Å². The lowest BCUT2D eigenvalue weighted by atomic mass is 10.1. The number of para-hydroxylation sites is 2. The van der Waals surface area contributed by atoms with Crippen molar-refractivity contribution in [3.8, 4) is 0 Å². The van der Waals surface area contributed by atoms with E-state index < -0.39 is 0 Å². The predicted molar refractivity (Wildman–Crippen MR) is 96.3 cm³/mol. The summed E-state index contributed by atoms with van der Waals surface area (Å²) in [5.74, 6) is -0.623. The molecule has 25 heavy (non-hydrogen) atoms. The maximum absolute atomic E-state index is 13.6. The van der Waals surface area contributed by atoms with Crippen LogP contribution in [0.5, 0.6) is 0 Å². The normalized spacial score (nSPS) is 16.7. The van der Waals surface area contributed by atoms with Crippen molar-refractivity contribution < 1.29 is 14.0 Å². The summed E-state index contributed by atoms with van der Waals surface area (Å²) in [6.45, 7) is 3.53. The Bertz CT molecular complexity index is 822. The molecular weight excluding hydrogens is 321 g/mol. The van der Waals surface area contributed by atoms with Crippen LogP contribution in [-0.4, -0.2) is 24.4 Å². The van der Waals surface area contributed by atoms with E-state index in [-0.39, 0.29) is 36.6 Å². The van der Waals surface area contributed by atoms with Crippen molar-refractivity contribution >= 4 is 28.9 Å². The highest BCUT2D eigenvalue weighted by atomic mass is 19.1. The molecule has 0 aliphatic carbocycles. The number of carbonyl (C=O) groups excluding carboxylic acids is 2. The van der Waals surface area contributed by atoms with Crippen molar-refractivity contribution in [2.75, 3.05) is 22.1 Å². The van der Waals surface area contributed by atoms with Crippen LogP contribution in [0.25, 0.3) is 0 Å². The third-order valence-electron chi connectivity index (χ3n) is 4.24. The highest BCUT2D eigenvalue weighted by molar-refractivity contribution is 6.05. The minimum Gasteiger partial charge on any atom is -0.376 e. The fourth-order valence-corrected chi connectivity index (χ4v) is 2.93. The van der Waals surface area contributed by atoms with Gasteiger partial charge in [0, 0.05) is 18.2 Å². The molecule has 0 radical (unpaired) electrons. The maximum Gasteiger partial charge on any atom is 0.246 e. The first-order chi connectivity index (χ1) is 12.0. The van der Waals surface area contributed by atoms with Gasteiger partial charge in [-0.05, 0) is 43.7 Å². The summed E-state index contributed by atoms with van der Waals surface area (Å²) in [5, 5.41) is 5.78. The fourth-order valence-electron chi connectivity index (χ4n) is 2.93. The van der Waals surface area contributed by atoms with E-state index in [1.165, 1.54) is 6.07 Å². The number of hydrogen-bond donors (Lipinski definition) is 2. The summed E-state index contributed by atoms with van der Waals surface area (Å²) in [6.07, 6.45) is 0.222. The molecule has 3 rings (SSSR count). The number of carbonyl (C=O) groups is 2. The van der Waals surface area contributed by atoms with Gasteiger partial charge in [0.25, 0.3) is 0 Å². The second kappa shape index (κ2) is 6.93. The van der Waals surface area contributed by atoms with Gasteiger partial charge in [0.05, 0.1) is 17.9 Å². The number of nitrogens with one attached hydrogen (secondary N) is 2. The van der Waals surface area contributed by atoms with Gasteiger partial charge in [0.2, 0.25) is 11.8 Å². The van der Waals surface area contributed by atoms with E-state index in [9.17, 15) is 14.0 Å². The number of benzene rings is 2. The van der Waals surface area contributed by atoms with Gasteiger partial charge in [0.1, 0.15) is 5.82 Å². The average molecular weight is 341 g/mol. The van der Waals surface area contributed by atoms with Crippen molar-refractivity contribution in [1.29, 1.82) is 0 Å². The van der Waals surface area contributed by atoms with Crippen LogP contribution < -0.4 is 15.5 Å². The molecule has 2 N–H and O–H groups in total. The van der Waals surface area contributed by atoms with Gasteiger partial charge in [-0.1, -0.05) is 18.2 Å². The number of hydrogen-bond acceptors (Lipinski definition) is 3. The Morgan fingerprint density at radius 2 is 2.08 bits per heavy atom. The molecule has 6 heteroatoms. The smallest absolute Gasteiger partial charge is 0.246 e. The van der Waals surface area contributed by atoms with Crippen molar-refractivity contribution in [2.45, 2.75) is 26.3 Å². The largest absolute Gasteiger partial charge is 0.376 e. The summed E-state index contributed by atoms with van der Waals surface area (Å²) in [5.41, 5.74) is 2.38. The van der Waals surface area contributed by atoms with E-state index in [1.807, 2.05) is 19.1 Å². The first-order valence-corrected chi connectivity index (χ1v) is 8.16. The number of rotatable bonds is 3. The molecule has 1 atom stereocenters. The molecule has 2 aromatic carbocycles. The number of amides is 2. The van der Waals surface area contributed by atoms with Gasteiger partial charge in [-0.15, -0.1) is 0 Å². The number of nitrogens with zero attached hydrogens (tertiary/aromatic N) is 1. The summed E-state index contributed by atoms with van der Waals surface area (Å²) >= 11 is 0. The van der Waals surface area contributed by atoms with E-state index in [0.717, 1.165) is 0 Å². The van der Waals surface area contributed by atoms with Crippen molar-refractivity contribution in [3.05, 3.63) is 53.8 Å². The Labute approximate surface area is 145 Å². The van der Waals surface area contributed by atoms with Gasteiger partial charge < -0.3 is 15.5 Å². The Balaban J connectivity index is 1.80. The second-order valence-electron chi connectivity index (χ2n) is 6.20. The van der Waals surface area contributed by atoms with Crippen molar-refractivity contribution in [1.82, 2.24) is 0 Å². The summed E-state index contributed by atoms with van der Waals surface area (Å²) < 4.78 is 13.6. The van der Waals surface area contributed by atoms with Crippen LogP contribution in [0.1, 0.15) is 18.9 Å². The number of fused-ring (bicyclic) bond motifs is 1. The van der Waals surface area contributed by atoms with Gasteiger partial charge in [-0.25, -0.2) is 4.39 Å². The number of halogens is 1. The summed E-state index contributed by atoms with van der Waals surface area (Å²) in [7, 11) is 0. The lowest BCUT2D eigenvalue weighted by Crippen LogP contribution is -2.42. The molecule has 0 bridgehead atoms. The Morgan fingerprint density at radius 1 is 1.32 bits per heavy atom. The third-order valence-corrected chi connectivity index (χ3v) is 4.24. The molecule has 130 valence electrons. The molecule has 1 aliphatic heterocycles. The first kappa shape index (κ1) is 17.0. The van der Waals surface area contributed by atoms with Crippen LogP contribution in [0.2, 0.25) is 0 Å². The zero-order valence-corrected chi connectivity index (χ0v) is 14.2. The molecule has 0 saturated carbocycles. The summed E-state index contributed by atoms with van der Waals surface area (Å²) in [6, 6.07) is 11.7. The minimum atomic E-state index is -0.319. The van der Waals surface area contributed by atoms with E-state index in [0.29, 0.717) is 22.6 Å². The quantitative estimate of drug-likeness (QED) is 0.900. The molecule has 2 aromatic rings. The van der Waals surface area contributed by atoms with Crippen molar-refractivity contribution in [2.24, 2.45) is 0 Å². The average Bonchev–Trinajstić information content (AvgIpc) is 2.70. The maximum atomic E-state index is 13.6. The SMILES string of the molecule is Cc1ccc(NCC(=O)N2c3ccccc3NC(=O)CC2C)cc1F. The Morgan fingerprint density at radius 3 is 2.84 bits per heavy atom. The minimum absolute atomic E-state index is 0.00929. The standard InChI is InChI=1S/C19H20FN3O2/c1-12-7-8-14(10-15(12)20)21-11-19(25)23-13(2)9-18(24)22-16-5-3-4-6-17(16)23/h3-8,10,13,21H,9,11H2,1-2H3,(H,22,24). The Kier molecular flexibility index (Phi) is 4.70. The molecule has 1 aliphatic rings. The highest BCUT2D eigenvalue weighted by Crippen LogP contribution is 2.31.